The van der Waals surface area contributed by atoms with Crippen LogP contribution in [0.1, 0.15) is 127 Å². The zero-order chi connectivity index (χ0) is 52.0. The van der Waals surface area contributed by atoms with E-state index in [1.165, 1.54) is 19.2 Å². The van der Waals surface area contributed by atoms with Gasteiger partial charge in [0.1, 0.15) is 36.5 Å². The first-order valence-electron chi connectivity index (χ1n) is 24.1. The van der Waals surface area contributed by atoms with Gasteiger partial charge in [0, 0.05) is 5.56 Å². The van der Waals surface area contributed by atoms with E-state index in [2.05, 4.69) is 16.0 Å². The van der Waals surface area contributed by atoms with Crippen LogP contribution in [0.25, 0.3) is 11.3 Å². The summed E-state index contributed by atoms with van der Waals surface area (Å²) in [5.41, 5.74) is 2.88. The largest absolute Gasteiger partial charge is 0.497 e. The van der Waals surface area contributed by atoms with E-state index in [0.29, 0.717) is 41.7 Å². The summed E-state index contributed by atoms with van der Waals surface area (Å²) >= 11 is 0. The summed E-state index contributed by atoms with van der Waals surface area (Å²) in [6.45, 7) is 9.13. The smallest absolute Gasteiger partial charge is 0.363 e. The van der Waals surface area contributed by atoms with E-state index in [1.807, 2.05) is 32.9 Å². The number of unbranched alkanes of at least 4 members (excludes halogenated alkanes) is 2. The quantitative estimate of drug-likeness (QED) is 0.0141. The summed E-state index contributed by atoms with van der Waals surface area (Å²) in [6.07, 6.45) is 2.92. The summed E-state index contributed by atoms with van der Waals surface area (Å²) in [4.78, 5) is 99.0. The monoisotopic (exact) mass is 988 g/mol. The molecule has 0 spiro atoms. The molecule has 1 aromatic heterocycles. The molecule has 1 heterocycles. The molecule has 382 valence electrons. The molecule has 0 bridgehead atoms. The predicted octanol–water partition coefficient (Wildman–Crippen LogP) is 8.46. The van der Waals surface area contributed by atoms with Gasteiger partial charge in [-0.25, -0.2) is 9.59 Å². The van der Waals surface area contributed by atoms with Crippen LogP contribution in [-0.2, 0) is 46.7 Å². The lowest BCUT2D eigenvalue weighted by molar-refractivity contribution is -0.171. The van der Waals surface area contributed by atoms with Gasteiger partial charge >= 0.3 is 17.9 Å². The third kappa shape index (κ3) is 15.8. The summed E-state index contributed by atoms with van der Waals surface area (Å²) < 4.78 is 28.0. The molecule has 0 radical (unpaired) electrons. The van der Waals surface area contributed by atoms with Crippen LogP contribution in [0.4, 0.5) is 0 Å². The normalized spacial score (nSPS) is 12.1. The number of carbonyl (C=O) groups excluding carboxylic acids is 7. The molecule has 0 aliphatic rings. The van der Waals surface area contributed by atoms with Gasteiger partial charge in [0.2, 0.25) is 12.3 Å². The highest BCUT2D eigenvalue weighted by atomic mass is 16.7. The summed E-state index contributed by atoms with van der Waals surface area (Å²) in [6, 6.07) is 28.3. The fraction of sp³-hybridized carbons (Fsp3) is 0.364. The van der Waals surface area contributed by atoms with E-state index >= 15 is 0 Å². The number of amides is 4. The van der Waals surface area contributed by atoms with Crippen molar-refractivity contribution in [2.45, 2.75) is 104 Å². The fourth-order valence-electron chi connectivity index (χ4n) is 7.80. The van der Waals surface area contributed by atoms with E-state index in [9.17, 15) is 33.6 Å². The number of hydrogen-bond acceptors (Lipinski definition) is 13. The van der Waals surface area contributed by atoms with E-state index in [4.69, 9.17) is 28.2 Å². The van der Waals surface area contributed by atoms with Crippen LogP contribution in [0.3, 0.4) is 0 Å². The molecular formula is C55H64N4O13. The van der Waals surface area contributed by atoms with Crippen molar-refractivity contribution in [2.24, 2.45) is 5.92 Å². The van der Waals surface area contributed by atoms with Crippen LogP contribution < -0.4 is 25.4 Å². The van der Waals surface area contributed by atoms with Crippen LogP contribution in [0, 0.1) is 5.92 Å². The van der Waals surface area contributed by atoms with Crippen molar-refractivity contribution in [3.8, 4) is 22.8 Å². The second kappa shape index (κ2) is 28.0. The van der Waals surface area contributed by atoms with Crippen molar-refractivity contribution >= 4 is 42.0 Å². The molecule has 72 heavy (non-hydrogen) atoms. The number of hydroxylamine groups is 2. The first kappa shape index (κ1) is 55.0. The number of hydrogen-bond donors (Lipinski definition) is 3. The van der Waals surface area contributed by atoms with Crippen molar-refractivity contribution in [1.29, 1.82) is 0 Å². The summed E-state index contributed by atoms with van der Waals surface area (Å²) in [5, 5.41) is 8.90. The minimum absolute atomic E-state index is 0.0301. The van der Waals surface area contributed by atoms with Gasteiger partial charge in [-0.3, -0.25) is 24.0 Å². The average Bonchev–Trinajstić information content (AvgIpc) is 3.90. The Morgan fingerprint density at radius 3 is 2.06 bits per heavy atom. The lowest BCUT2D eigenvalue weighted by atomic mass is 9.90. The van der Waals surface area contributed by atoms with Crippen molar-refractivity contribution in [2.75, 3.05) is 20.4 Å². The molecule has 0 fully saturated rings. The number of nitrogens with zero attached hydrogens (tertiary/aromatic N) is 1. The molecule has 4 aromatic carbocycles. The minimum Gasteiger partial charge on any atom is -0.497 e. The summed E-state index contributed by atoms with van der Waals surface area (Å²) in [7, 11) is 1.53. The zero-order valence-electron chi connectivity index (χ0n) is 41.6. The van der Waals surface area contributed by atoms with Crippen molar-refractivity contribution in [3.63, 3.8) is 0 Å². The SMILES string of the molecule is CCCCC[C@@H](C(=O)NCNC(=O)c1ccc(-c2ccc(C(=O)N[C@@H](CC(=O)OCc3ccccc3)C(=O)OCc3ccccc3)c(OCC)c2)o1)[C@@H](CC)N(C=O)OC(=O)c1ccc(OC)cc1C(C)C. The molecule has 0 saturated heterocycles. The molecule has 3 atom stereocenters. The highest BCUT2D eigenvalue weighted by Gasteiger charge is 2.34. The van der Waals surface area contributed by atoms with Gasteiger partial charge in [-0.2, -0.15) is 5.06 Å². The Hall–Kier alpha value is -7.95. The minimum atomic E-state index is -1.41. The van der Waals surface area contributed by atoms with Gasteiger partial charge < -0.3 is 44.2 Å². The van der Waals surface area contributed by atoms with Gasteiger partial charge in [-0.15, -0.1) is 0 Å². The van der Waals surface area contributed by atoms with Crippen molar-refractivity contribution in [3.05, 3.63) is 143 Å². The Morgan fingerprint density at radius 2 is 1.43 bits per heavy atom. The third-order valence-corrected chi connectivity index (χ3v) is 11.6. The predicted molar refractivity (Wildman–Crippen MR) is 266 cm³/mol. The average molecular weight is 989 g/mol. The summed E-state index contributed by atoms with van der Waals surface area (Å²) in [5.74, 6) is -4.15. The number of carbonyl (C=O) groups is 7. The molecule has 0 saturated carbocycles. The Morgan fingerprint density at radius 1 is 0.750 bits per heavy atom. The second-order valence-corrected chi connectivity index (χ2v) is 17.0. The van der Waals surface area contributed by atoms with E-state index in [1.54, 1.807) is 98.8 Å². The Balaban J connectivity index is 1.24. The van der Waals surface area contributed by atoms with Gasteiger partial charge in [0.25, 0.3) is 11.8 Å². The maximum atomic E-state index is 13.8. The fourth-order valence-corrected chi connectivity index (χ4v) is 7.80. The number of rotatable bonds is 28. The van der Waals surface area contributed by atoms with Crippen LogP contribution >= 0.6 is 0 Å². The van der Waals surface area contributed by atoms with E-state index in [0.717, 1.165) is 23.5 Å². The Kier molecular flexibility index (Phi) is 21.4. The van der Waals surface area contributed by atoms with Gasteiger partial charge in [0.05, 0.1) is 49.9 Å². The lowest BCUT2D eigenvalue weighted by Gasteiger charge is -2.32. The maximum Gasteiger partial charge on any atom is 0.363 e. The highest BCUT2D eigenvalue weighted by Crippen LogP contribution is 2.30. The van der Waals surface area contributed by atoms with E-state index in [-0.39, 0.29) is 67.2 Å². The number of furan rings is 1. The maximum absolute atomic E-state index is 13.8. The molecule has 4 amide bonds. The number of methoxy groups -OCH3 is 1. The van der Waals surface area contributed by atoms with Crippen LogP contribution in [0.5, 0.6) is 11.5 Å². The first-order valence-corrected chi connectivity index (χ1v) is 24.1. The molecule has 0 unspecified atom stereocenters. The van der Waals surface area contributed by atoms with Crippen LogP contribution in [0.15, 0.2) is 114 Å². The van der Waals surface area contributed by atoms with Crippen LogP contribution in [0.2, 0.25) is 0 Å². The van der Waals surface area contributed by atoms with Gasteiger partial charge in [0.15, 0.2) is 5.76 Å². The molecule has 0 aliphatic carbocycles. The topological polar surface area (TPSA) is 218 Å². The van der Waals surface area contributed by atoms with Crippen LogP contribution in [-0.4, -0.2) is 79.6 Å². The molecule has 5 aromatic rings. The second-order valence-electron chi connectivity index (χ2n) is 17.0. The van der Waals surface area contributed by atoms with Crippen molar-refractivity contribution < 1.29 is 61.8 Å². The molecular weight excluding hydrogens is 925 g/mol. The van der Waals surface area contributed by atoms with Gasteiger partial charge in [-0.1, -0.05) is 114 Å². The molecule has 5 rings (SSSR count). The van der Waals surface area contributed by atoms with Gasteiger partial charge in [-0.05, 0) is 84.8 Å². The molecule has 17 heteroatoms. The number of esters is 2. The zero-order valence-corrected chi connectivity index (χ0v) is 41.6. The first-order chi connectivity index (χ1) is 34.8. The van der Waals surface area contributed by atoms with E-state index < -0.39 is 60.1 Å². The Bertz CT molecular complexity index is 2600. The number of benzene rings is 4. The molecule has 0 aliphatic heterocycles. The molecule has 3 N–H and O–H groups in total. The standard InChI is InChI=1S/C55H64N4O13/c1-7-10-13-22-42(46(8-2)59(35-60)72-54(65)41-26-24-40(67-6)30-44(41)36(4)5)51(62)56-34-57-53(64)48-28-27-47(71-48)39-23-25-43(49(29-39)68-9-3)52(63)58-45(55(66)70-33-38-20-16-12-17-21-38)31-50(61)69-32-37-18-14-11-15-19-37/h11-12,14-21,23-30,35-36,42,45-46H,7-10,13,22,31-34H2,1-6H3,(H,56,62)(H,57,64)(H,58,63)/t42-,45+,46-/m1/s1. The number of nitrogens with one attached hydrogen (secondary N) is 3. The Labute approximate surface area is 419 Å². The lowest BCUT2D eigenvalue weighted by Crippen LogP contribution is -2.49. The molecule has 17 nitrogen and oxygen atoms in total. The number of ether oxygens (including phenoxy) is 4. The highest BCUT2D eigenvalue weighted by molar-refractivity contribution is 6.00. The van der Waals surface area contributed by atoms with Crippen molar-refractivity contribution in [1.82, 2.24) is 21.0 Å². The third-order valence-electron chi connectivity index (χ3n) is 11.6.